The molecule has 1 aliphatic rings. The summed E-state index contributed by atoms with van der Waals surface area (Å²) in [5, 5.41) is 0. The van der Waals surface area contributed by atoms with Crippen LogP contribution in [0.15, 0.2) is 24.3 Å². The van der Waals surface area contributed by atoms with E-state index in [-0.39, 0.29) is 11.9 Å². The van der Waals surface area contributed by atoms with E-state index in [9.17, 15) is 4.79 Å². The van der Waals surface area contributed by atoms with Gasteiger partial charge < -0.3 is 10.6 Å². The average Bonchev–Trinajstić information content (AvgIpc) is 2.38. The first-order chi connectivity index (χ1) is 8.65. The molecule has 1 aromatic rings. The molecule has 0 atom stereocenters. The van der Waals surface area contributed by atoms with Crippen LogP contribution in [0.2, 0.25) is 0 Å². The van der Waals surface area contributed by atoms with E-state index in [0.29, 0.717) is 6.42 Å². The summed E-state index contributed by atoms with van der Waals surface area (Å²) in [5.41, 5.74) is 8.34. The van der Waals surface area contributed by atoms with Crippen molar-refractivity contribution in [2.75, 3.05) is 13.1 Å². The lowest BCUT2D eigenvalue weighted by Gasteiger charge is -2.30. The molecule has 1 aromatic carbocycles. The molecule has 1 aliphatic heterocycles. The van der Waals surface area contributed by atoms with Gasteiger partial charge in [-0.25, -0.2) is 0 Å². The van der Waals surface area contributed by atoms with Gasteiger partial charge in [0, 0.05) is 25.6 Å². The van der Waals surface area contributed by atoms with Gasteiger partial charge in [0.1, 0.15) is 0 Å². The second-order valence-electron chi connectivity index (χ2n) is 5.20. The van der Waals surface area contributed by atoms with Crippen LogP contribution in [0.3, 0.4) is 0 Å². The third-order valence-electron chi connectivity index (χ3n) is 3.64. The number of amides is 1. The molecule has 98 valence electrons. The molecule has 1 heterocycles. The lowest BCUT2D eigenvalue weighted by atomic mass is 10.0. The van der Waals surface area contributed by atoms with Crippen LogP contribution in [0, 0.1) is 6.92 Å². The largest absolute Gasteiger partial charge is 0.343 e. The van der Waals surface area contributed by atoms with Crippen molar-refractivity contribution in [1.82, 2.24) is 4.90 Å². The average molecular weight is 246 g/mol. The zero-order valence-corrected chi connectivity index (χ0v) is 11.1. The molecule has 3 heteroatoms. The summed E-state index contributed by atoms with van der Waals surface area (Å²) in [6.07, 6.45) is 3.33. The topological polar surface area (TPSA) is 46.3 Å². The first-order valence-electron chi connectivity index (χ1n) is 6.74. The highest BCUT2D eigenvalue weighted by atomic mass is 16.2. The molecule has 2 N–H and O–H groups in total. The number of aryl methyl sites for hydroxylation is 2. The molecule has 0 bridgehead atoms. The fraction of sp³-hybridized carbons (Fsp3) is 0.533. The summed E-state index contributed by atoms with van der Waals surface area (Å²) in [6.45, 7) is 3.73. The number of hydrogen-bond acceptors (Lipinski definition) is 2. The zero-order chi connectivity index (χ0) is 13.0. The van der Waals surface area contributed by atoms with Crippen LogP contribution >= 0.6 is 0 Å². The van der Waals surface area contributed by atoms with Gasteiger partial charge in [-0.3, -0.25) is 4.79 Å². The highest BCUT2D eigenvalue weighted by Gasteiger charge is 2.19. The lowest BCUT2D eigenvalue weighted by molar-refractivity contribution is -0.132. The minimum absolute atomic E-state index is 0.266. The Kier molecular flexibility index (Phi) is 4.37. The molecule has 0 radical (unpaired) electrons. The van der Waals surface area contributed by atoms with Gasteiger partial charge in [-0.05, 0) is 31.7 Å². The van der Waals surface area contributed by atoms with Gasteiger partial charge in [0.05, 0.1) is 0 Å². The van der Waals surface area contributed by atoms with Crippen LogP contribution in [0.5, 0.6) is 0 Å². The van der Waals surface area contributed by atoms with Crippen LogP contribution in [0.25, 0.3) is 0 Å². The van der Waals surface area contributed by atoms with E-state index in [1.807, 2.05) is 4.90 Å². The molecular formula is C15H22N2O. The number of carbonyl (C=O) groups is 1. The van der Waals surface area contributed by atoms with E-state index in [0.717, 1.165) is 32.4 Å². The molecule has 0 aliphatic carbocycles. The molecular weight excluding hydrogens is 224 g/mol. The smallest absolute Gasteiger partial charge is 0.222 e. The molecule has 2 rings (SSSR count). The Bertz CT molecular complexity index is 391. The summed E-state index contributed by atoms with van der Waals surface area (Å²) >= 11 is 0. The van der Waals surface area contributed by atoms with Gasteiger partial charge >= 0.3 is 0 Å². The Morgan fingerprint density at radius 2 is 1.89 bits per heavy atom. The molecule has 1 fully saturated rings. The van der Waals surface area contributed by atoms with Gasteiger partial charge in [0.25, 0.3) is 0 Å². The van der Waals surface area contributed by atoms with Crippen molar-refractivity contribution in [3.8, 4) is 0 Å². The lowest BCUT2D eigenvalue weighted by Crippen LogP contribution is -2.42. The third-order valence-corrected chi connectivity index (χ3v) is 3.64. The van der Waals surface area contributed by atoms with E-state index in [2.05, 4.69) is 31.2 Å². The number of benzene rings is 1. The number of hydrogen-bond donors (Lipinski definition) is 1. The van der Waals surface area contributed by atoms with Crippen molar-refractivity contribution < 1.29 is 4.79 Å². The predicted octanol–water partition coefficient (Wildman–Crippen LogP) is 1.88. The Hall–Kier alpha value is -1.35. The quantitative estimate of drug-likeness (QED) is 0.885. The maximum absolute atomic E-state index is 12.0. The number of piperidine rings is 1. The number of rotatable bonds is 3. The van der Waals surface area contributed by atoms with E-state index in [1.165, 1.54) is 11.1 Å². The number of carbonyl (C=O) groups excluding carboxylic acids is 1. The Morgan fingerprint density at radius 3 is 2.50 bits per heavy atom. The van der Waals surface area contributed by atoms with E-state index in [1.54, 1.807) is 0 Å². The van der Waals surface area contributed by atoms with Gasteiger partial charge in [0.2, 0.25) is 5.91 Å². The first-order valence-corrected chi connectivity index (χ1v) is 6.74. The molecule has 0 spiro atoms. The van der Waals surface area contributed by atoms with Crippen LogP contribution in [-0.4, -0.2) is 29.9 Å². The van der Waals surface area contributed by atoms with Crippen LogP contribution < -0.4 is 5.73 Å². The molecule has 3 nitrogen and oxygen atoms in total. The molecule has 18 heavy (non-hydrogen) atoms. The summed E-state index contributed by atoms with van der Waals surface area (Å²) in [7, 11) is 0. The normalized spacial score (nSPS) is 16.9. The maximum Gasteiger partial charge on any atom is 0.222 e. The van der Waals surface area contributed by atoms with Crippen molar-refractivity contribution in [1.29, 1.82) is 0 Å². The molecule has 1 amide bonds. The second kappa shape index (κ2) is 6.01. The SMILES string of the molecule is Cc1ccc(CCC(=O)N2CCC(N)CC2)cc1. The highest BCUT2D eigenvalue weighted by Crippen LogP contribution is 2.12. The second-order valence-corrected chi connectivity index (χ2v) is 5.20. The minimum Gasteiger partial charge on any atom is -0.343 e. The minimum atomic E-state index is 0.266. The summed E-state index contributed by atoms with van der Waals surface area (Å²) < 4.78 is 0. The summed E-state index contributed by atoms with van der Waals surface area (Å²) in [6, 6.07) is 8.69. The molecule has 0 aromatic heterocycles. The van der Waals surface area contributed by atoms with Gasteiger partial charge in [-0.2, -0.15) is 0 Å². The Balaban J connectivity index is 1.79. The van der Waals surface area contributed by atoms with Crippen molar-refractivity contribution >= 4 is 5.91 Å². The predicted molar refractivity (Wildman–Crippen MR) is 73.3 cm³/mol. The maximum atomic E-state index is 12.0. The van der Waals surface area contributed by atoms with Crippen molar-refractivity contribution in [3.05, 3.63) is 35.4 Å². The summed E-state index contributed by atoms with van der Waals surface area (Å²) in [5.74, 6) is 0.266. The Labute approximate surface area is 109 Å². The van der Waals surface area contributed by atoms with Crippen molar-refractivity contribution in [2.45, 2.75) is 38.6 Å². The summed E-state index contributed by atoms with van der Waals surface area (Å²) in [4.78, 5) is 14.0. The third kappa shape index (κ3) is 3.57. The highest BCUT2D eigenvalue weighted by molar-refractivity contribution is 5.76. The van der Waals surface area contributed by atoms with Gasteiger partial charge in [-0.1, -0.05) is 29.8 Å². The van der Waals surface area contributed by atoms with Gasteiger partial charge in [-0.15, -0.1) is 0 Å². The zero-order valence-electron chi connectivity index (χ0n) is 11.1. The van der Waals surface area contributed by atoms with Gasteiger partial charge in [0.15, 0.2) is 0 Å². The Morgan fingerprint density at radius 1 is 1.28 bits per heavy atom. The fourth-order valence-corrected chi connectivity index (χ4v) is 2.31. The van der Waals surface area contributed by atoms with Crippen molar-refractivity contribution in [3.63, 3.8) is 0 Å². The van der Waals surface area contributed by atoms with Crippen LogP contribution in [-0.2, 0) is 11.2 Å². The van der Waals surface area contributed by atoms with Crippen molar-refractivity contribution in [2.24, 2.45) is 5.73 Å². The molecule has 0 saturated carbocycles. The van der Waals surface area contributed by atoms with E-state index in [4.69, 9.17) is 5.73 Å². The first kappa shape index (κ1) is 13.1. The fourth-order valence-electron chi connectivity index (χ4n) is 2.31. The van der Waals surface area contributed by atoms with Crippen LogP contribution in [0.4, 0.5) is 0 Å². The van der Waals surface area contributed by atoms with Crippen LogP contribution in [0.1, 0.15) is 30.4 Å². The van der Waals surface area contributed by atoms with E-state index < -0.39 is 0 Å². The number of likely N-dealkylation sites (tertiary alicyclic amines) is 1. The monoisotopic (exact) mass is 246 g/mol. The number of nitrogens with zero attached hydrogens (tertiary/aromatic N) is 1. The number of nitrogens with two attached hydrogens (primary N) is 1. The molecule has 1 saturated heterocycles. The standard InChI is InChI=1S/C15H22N2O/c1-12-2-4-13(5-3-12)6-7-15(18)17-10-8-14(16)9-11-17/h2-5,14H,6-11,16H2,1H3. The molecule has 0 unspecified atom stereocenters. The van der Waals surface area contributed by atoms with E-state index >= 15 is 0 Å².